The normalized spacial score (nSPS) is 11.1. The van der Waals surface area contributed by atoms with Gasteiger partial charge in [0.1, 0.15) is 0 Å². The van der Waals surface area contributed by atoms with Gasteiger partial charge in [-0.05, 0) is 44.5 Å². The van der Waals surface area contributed by atoms with Crippen LogP contribution in [0.2, 0.25) is 0 Å². The molecule has 110 valence electrons. The van der Waals surface area contributed by atoms with Crippen LogP contribution in [0.5, 0.6) is 0 Å². The largest absolute Gasteiger partial charge is 0.399 e. The third kappa shape index (κ3) is 2.99. The summed E-state index contributed by atoms with van der Waals surface area (Å²) in [5.41, 5.74) is 10.6. The Morgan fingerprint density at radius 2 is 2.14 bits per heavy atom. The van der Waals surface area contributed by atoms with E-state index in [9.17, 15) is 0 Å². The van der Waals surface area contributed by atoms with E-state index in [1.807, 2.05) is 29.8 Å². The van der Waals surface area contributed by atoms with Crippen LogP contribution in [0.15, 0.2) is 24.3 Å². The van der Waals surface area contributed by atoms with Crippen molar-refractivity contribution < 1.29 is 0 Å². The van der Waals surface area contributed by atoms with Gasteiger partial charge in [-0.2, -0.15) is 5.10 Å². The Morgan fingerprint density at radius 1 is 1.29 bits per heavy atom. The lowest BCUT2D eigenvalue weighted by molar-refractivity contribution is 0.573. The summed E-state index contributed by atoms with van der Waals surface area (Å²) in [5, 5.41) is 7.75. The molecule has 0 saturated carbocycles. The van der Waals surface area contributed by atoms with Crippen LogP contribution in [-0.2, 0) is 6.54 Å². The highest BCUT2D eigenvalue weighted by Gasteiger charge is 2.03. The summed E-state index contributed by atoms with van der Waals surface area (Å²) in [5.74, 6) is 0.781. The van der Waals surface area contributed by atoms with Gasteiger partial charge in [-0.3, -0.25) is 4.68 Å². The molecule has 3 rings (SSSR count). The Kier molecular flexibility index (Phi) is 3.51. The molecule has 0 radical (unpaired) electrons. The number of fused-ring (bicyclic) bond motifs is 1. The smallest absolute Gasteiger partial charge is 0.201 e. The summed E-state index contributed by atoms with van der Waals surface area (Å²) in [6.45, 7) is 5.84. The summed E-state index contributed by atoms with van der Waals surface area (Å²) in [6.07, 6.45) is 0.987. The number of nitrogens with one attached hydrogen (secondary N) is 2. The number of H-pyrrole nitrogens is 1. The van der Waals surface area contributed by atoms with Crippen LogP contribution in [0.4, 0.5) is 11.6 Å². The van der Waals surface area contributed by atoms with E-state index in [0.29, 0.717) is 0 Å². The number of aromatic nitrogens is 4. The van der Waals surface area contributed by atoms with Crippen LogP contribution in [0.3, 0.4) is 0 Å². The fourth-order valence-electron chi connectivity index (χ4n) is 2.45. The molecule has 0 aliphatic carbocycles. The molecule has 0 bridgehead atoms. The van der Waals surface area contributed by atoms with Gasteiger partial charge in [-0.15, -0.1) is 0 Å². The van der Waals surface area contributed by atoms with Gasteiger partial charge >= 0.3 is 0 Å². The number of nitrogens with zero attached hydrogens (tertiary/aromatic N) is 3. The first kappa shape index (κ1) is 13.5. The lowest BCUT2D eigenvalue weighted by atomic mass is 10.3. The molecule has 2 heterocycles. The molecular weight excluding hydrogens is 264 g/mol. The van der Waals surface area contributed by atoms with Crippen molar-refractivity contribution in [2.45, 2.75) is 26.8 Å². The summed E-state index contributed by atoms with van der Waals surface area (Å²) in [4.78, 5) is 7.70. The number of hydrogen-bond donors (Lipinski definition) is 3. The number of aryl methyl sites for hydroxylation is 3. The first-order chi connectivity index (χ1) is 10.1. The summed E-state index contributed by atoms with van der Waals surface area (Å²) >= 11 is 0. The predicted octanol–water partition coefficient (Wildman–Crippen LogP) is 2.46. The number of imidazole rings is 1. The van der Waals surface area contributed by atoms with Crippen molar-refractivity contribution in [1.82, 2.24) is 19.7 Å². The minimum atomic E-state index is 0.738. The Hall–Kier alpha value is -2.50. The summed E-state index contributed by atoms with van der Waals surface area (Å²) < 4.78 is 2.04. The van der Waals surface area contributed by atoms with Crippen molar-refractivity contribution >= 4 is 22.7 Å². The van der Waals surface area contributed by atoms with Crippen LogP contribution >= 0.6 is 0 Å². The van der Waals surface area contributed by atoms with Gasteiger partial charge in [0.15, 0.2) is 0 Å². The van der Waals surface area contributed by atoms with Gasteiger partial charge < -0.3 is 16.0 Å². The van der Waals surface area contributed by atoms with Crippen LogP contribution in [0, 0.1) is 13.8 Å². The summed E-state index contributed by atoms with van der Waals surface area (Å²) in [6, 6.07) is 7.76. The Balaban J connectivity index is 1.55. The number of benzene rings is 1. The zero-order chi connectivity index (χ0) is 14.8. The molecule has 21 heavy (non-hydrogen) atoms. The molecule has 0 aliphatic rings. The molecule has 0 amide bonds. The van der Waals surface area contributed by atoms with Crippen molar-refractivity contribution in [3.05, 3.63) is 35.7 Å². The van der Waals surface area contributed by atoms with Crippen LogP contribution in [0.1, 0.15) is 17.8 Å². The van der Waals surface area contributed by atoms with Crippen molar-refractivity contribution in [3.8, 4) is 0 Å². The monoisotopic (exact) mass is 284 g/mol. The lowest BCUT2D eigenvalue weighted by Gasteiger charge is -2.05. The molecule has 6 nitrogen and oxygen atoms in total. The van der Waals surface area contributed by atoms with Crippen LogP contribution < -0.4 is 11.1 Å². The molecule has 2 aromatic heterocycles. The molecule has 0 aliphatic heterocycles. The minimum Gasteiger partial charge on any atom is -0.399 e. The zero-order valence-corrected chi connectivity index (χ0v) is 12.3. The van der Waals surface area contributed by atoms with Crippen molar-refractivity contribution in [1.29, 1.82) is 0 Å². The second-order valence-corrected chi connectivity index (χ2v) is 5.29. The number of hydrogen-bond acceptors (Lipinski definition) is 4. The van der Waals surface area contributed by atoms with E-state index in [2.05, 4.69) is 33.4 Å². The van der Waals surface area contributed by atoms with E-state index in [4.69, 9.17) is 5.73 Å². The maximum atomic E-state index is 5.76. The highest BCUT2D eigenvalue weighted by atomic mass is 15.3. The summed E-state index contributed by atoms with van der Waals surface area (Å²) in [7, 11) is 0. The molecule has 0 saturated heterocycles. The molecule has 0 spiro atoms. The fraction of sp³-hybridized carbons (Fsp3) is 0.333. The second-order valence-electron chi connectivity index (χ2n) is 5.29. The van der Waals surface area contributed by atoms with Gasteiger partial charge in [0.2, 0.25) is 5.95 Å². The van der Waals surface area contributed by atoms with Crippen molar-refractivity contribution in [2.24, 2.45) is 0 Å². The first-order valence-electron chi connectivity index (χ1n) is 7.12. The SMILES string of the molecule is Cc1cc(C)n(CCCNc2nc3ccc(N)cc3[nH]2)n1. The Morgan fingerprint density at radius 3 is 2.90 bits per heavy atom. The fourth-order valence-corrected chi connectivity index (χ4v) is 2.45. The topological polar surface area (TPSA) is 84.5 Å². The highest BCUT2D eigenvalue weighted by Crippen LogP contribution is 2.17. The lowest BCUT2D eigenvalue weighted by Crippen LogP contribution is -2.09. The standard InChI is InChI=1S/C15H20N6/c1-10-8-11(2)21(20-10)7-3-6-17-15-18-13-5-4-12(16)9-14(13)19-15/h4-5,8-9H,3,6-7,16H2,1-2H3,(H2,17,18,19). The van der Waals surface area contributed by atoms with Crippen LogP contribution in [0.25, 0.3) is 11.0 Å². The van der Waals surface area contributed by atoms with Gasteiger partial charge in [0.25, 0.3) is 0 Å². The molecule has 3 aromatic rings. The van der Waals surface area contributed by atoms with E-state index in [1.54, 1.807) is 0 Å². The zero-order valence-electron chi connectivity index (χ0n) is 12.3. The Labute approximate surface area is 123 Å². The average molecular weight is 284 g/mol. The van der Waals surface area contributed by atoms with Crippen LogP contribution in [-0.4, -0.2) is 26.3 Å². The number of rotatable bonds is 5. The molecule has 1 aromatic carbocycles. The van der Waals surface area contributed by atoms with Gasteiger partial charge in [0.05, 0.1) is 16.7 Å². The van der Waals surface area contributed by atoms with E-state index in [0.717, 1.165) is 47.9 Å². The number of aromatic amines is 1. The van der Waals surface area contributed by atoms with Crippen molar-refractivity contribution in [3.63, 3.8) is 0 Å². The average Bonchev–Trinajstić information content (AvgIpc) is 2.97. The van der Waals surface area contributed by atoms with E-state index < -0.39 is 0 Å². The van der Waals surface area contributed by atoms with Gasteiger partial charge in [-0.25, -0.2) is 4.98 Å². The number of nitrogens with two attached hydrogens (primary N) is 1. The van der Waals surface area contributed by atoms with E-state index in [-0.39, 0.29) is 0 Å². The molecule has 6 heteroatoms. The molecule has 0 fully saturated rings. The number of anilines is 2. The van der Waals surface area contributed by atoms with E-state index >= 15 is 0 Å². The molecule has 0 unspecified atom stereocenters. The van der Waals surface area contributed by atoms with Gasteiger partial charge in [0, 0.05) is 24.5 Å². The molecule has 4 N–H and O–H groups in total. The number of nitrogen functional groups attached to an aromatic ring is 1. The highest BCUT2D eigenvalue weighted by molar-refractivity contribution is 5.80. The molecular formula is C15H20N6. The minimum absolute atomic E-state index is 0.738. The maximum absolute atomic E-state index is 5.76. The van der Waals surface area contributed by atoms with Gasteiger partial charge in [-0.1, -0.05) is 0 Å². The quantitative estimate of drug-likeness (QED) is 0.496. The first-order valence-corrected chi connectivity index (χ1v) is 7.12. The third-order valence-corrected chi connectivity index (χ3v) is 3.45. The third-order valence-electron chi connectivity index (χ3n) is 3.45. The molecule has 0 atom stereocenters. The second kappa shape index (κ2) is 5.47. The maximum Gasteiger partial charge on any atom is 0.201 e. The van der Waals surface area contributed by atoms with Crippen molar-refractivity contribution in [2.75, 3.05) is 17.6 Å². The predicted molar refractivity (Wildman–Crippen MR) is 85.3 cm³/mol. The Bertz CT molecular complexity index is 755. The van der Waals surface area contributed by atoms with E-state index in [1.165, 1.54) is 5.69 Å².